The number of phosphoric acid groups is 1. The fourth-order valence-electron chi connectivity index (χ4n) is 5.48. The molecule has 0 radical (unpaired) electrons. The number of hydrogen-bond donors (Lipinski definition) is 1. The highest BCUT2D eigenvalue weighted by Crippen LogP contribution is 2.43. The Labute approximate surface area is 331 Å². The normalized spacial score (nSPS) is 14.1. The number of hydrogen-bond acceptors (Lipinski definition) is 7. The second kappa shape index (κ2) is 36.6. The van der Waals surface area contributed by atoms with Gasteiger partial charge in [-0.3, -0.25) is 18.6 Å². The number of rotatable bonds is 38. The zero-order valence-corrected chi connectivity index (χ0v) is 36.1. The van der Waals surface area contributed by atoms with Crippen LogP contribution in [0.25, 0.3) is 0 Å². The van der Waals surface area contributed by atoms with Crippen molar-refractivity contribution >= 4 is 19.8 Å². The summed E-state index contributed by atoms with van der Waals surface area (Å²) in [7, 11) is 1.44. The average molecular weight is 783 g/mol. The summed E-state index contributed by atoms with van der Waals surface area (Å²) >= 11 is 0. The van der Waals surface area contributed by atoms with Crippen molar-refractivity contribution in [2.75, 3.05) is 47.5 Å². The molecule has 0 saturated carbocycles. The molecular formula is C44H81NO8P+. The molecule has 0 heterocycles. The third-order valence-corrected chi connectivity index (χ3v) is 9.85. The number of carbonyl (C=O) groups excluding carboxylic acids is 2. The van der Waals surface area contributed by atoms with Crippen molar-refractivity contribution in [2.45, 2.75) is 174 Å². The van der Waals surface area contributed by atoms with E-state index in [1.807, 2.05) is 27.2 Å². The Balaban J connectivity index is 4.49. The van der Waals surface area contributed by atoms with Gasteiger partial charge in [0.2, 0.25) is 0 Å². The molecule has 0 aromatic carbocycles. The fourth-order valence-corrected chi connectivity index (χ4v) is 6.22. The van der Waals surface area contributed by atoms with Crippen molar-refractivity contribution in [1.29, 1.82) is 0 Å². The number of phosphoric ester groups is 1. The Morgan fingerprint density at radius 2 is 1.02 bits per heavy atom. The summed E-state index contributed by atoms with van der Waals surface area (Å²) in [6.45, 7) is 4.32. The summed E-state index contributed by atoms with van der Waals surface area (Å²) in [5.41, 5.74) is 0. The standard InChI is InChI=1S/C44H80NO8P/c1-6-8-10-12-14-16-18-20-21-22-23-25-27-29-31-33-35-37-44(47)53-42(41-52-54(48,49)51-39-38-45(3,4)5)40-50-43(46)36-34-32-30-28-26-24-19-17-15-13-11-9-7-2/h14,16,20-21,23,25,29,31,42H,6-13,15,17-19,22,24,26-28,30,32-41H2,1-5H3/p+1/t42-/m1/s1. The Morgan fingerprint density at radius 1 is 0.574 bits per heavy atom. The summed E-state index contributed by atoms with van der Waals surface area (Å²) < 4.78 is 34.2. The number of quaternary nitrogens is 1. The van der Waals surface area contributed by atoms with E-state index in [0.717, 1.165) is 38.5 Å². The van der Waals surface area contributed by atoms with E-state index in [-0.39, 0.29) is 32.0 Å². The van der Waals surface area contributed by atoms with E-state index in [2.05, 4.69) is 56.4 Å². The molecule has 0 spiro atoms. The first-order valence-electron chi connectivity index (χ1n) is 21.4. The zero-order valence-electron chi connectivity index (χ0n) is 35.2. The topological polar surface area (TPSA) is 108 Å². The van der Waals surface area contributed by atoms with Gasteiger partial charge in [-0.05, 0) is 51.4 Å². The van der Waals surface area contributed by atoms with Crippen LogP contribution in [0, 0.1) is 0 Å². The lowest BCUT2D eigenvalue weighted by Crippen LogP contribution is -2.37. The molecule has 0 bridgehead atoms. The second-order valence-electron chi connectivity index (χ2n) is 15.4. The zero-order chi connectivity index (χ0) is 40.0. The predicted octanol–water partition coefficient (Wildman–Crippen LogP) is 11.9. The smallest absolute Gasteiger partial charge is 0.462 e. The summed E-state index contributed by atoms with van der Waals surface area (Å²) in [5, 5.41) is 0. The average Bonchev–Trinajstić information content (AvgIpc) is 3.12. The van der Waals surface area contributed by atoms with Crippen LogP contribution in [0.5, 0.6) is 0 Å². The first-order chi connectivity index (χ1) is 26.0. The van der Waals surface area contributed by atoms with Crippen molar-refractivity contribution in [3.05, 3.63) is 48.6 Å². The molecule has 9 nitrogen and oxygen atoms in total. The SMILES string of the molecule is CCCCCC=CCC=CCC=CCC=CCCCC(=O)O[C@H](COC(=O)CCCCCCCCCCCCCCC)COP(=O)(O)OCC[N+](C)(C)C. The number of ether oxygens (including phenoxy) is 2. The largest absolute Gasteiger partial charge is 0.472 e. The number of allylic oxidation sites excluding steroid dienone is 8. The van der Waals surface area contributed by atoms with Crippen molar-refractivity contribution in [3.8, 4) is 0 Å². The number of carbonyl (C=O) groups is 2. The van der Waals surface area contributed by atoms with Gasteiger partial charge in [0.15, 0.2) is 6.10 Å². The minimum atomic E-state index is -4.39. The third kappa shape index (κ3) is 39.7. The van der Waals surface area contributed by atoms with Gasteiger partial charge in [0.05, 0.1) is 27.7 Å². The van der Waals surface area contributed by atoms with E-state index >= 15 is 0 Å². The lowest BCUT2D eigenvalue weighted by Gasteiger charge is -2.24. The van der Waals surface area contributed by atoms with Gasteiger partial charge in [0, 0.05) is 12.8 Å². The van der Waals surface area contributed by atoms with Crippen LogP contribution in [-0.2, 0) is 32.7 Å². The van der Waals surface area contributed by atoms with Gasteiger partial charge in [-0.15, -0.1) is 0 Å². The van der Waals surface area contributed by atoms with Crippen LogP contribution in [0.4, 0.5) is 0 Å². The van der Waals surface area contributed by atoms with Gasteiger partial charge in [0.1, 0.15) is 19.8 Å². The summed E-state index contributed by atoms with van der Waals surface area (Å²) in [6.07, 6.45) is 41.6. The second-order valence-corrected chi connectivity index (χ2v) is 16.8. The Hall–Kier alpha value is -2.03. The van der Waals surface area contributed by atoms with E-state index in [4.69, 9.17) is 18.5 Å². The molecule has 0 aliphatic heterocycles. The van der Waals surface area contributed by atoms with Crippen molar-refractivity contribution in [3.63, 3.8) is 0 Å². The van der Waals surface area contributed by atoms with Crippen molar-refractivity contribution < 1.29 is 42.1 Å². The highest BCUT2D eigenvalue weighted by Gasteiger charge is 2.27. The van der Waals surface area contributed by atoms with Gasteiger partial charge in [-0.2, -0.15) is 0 Å². The lowest BCUT2D eigenvalue weighted by atomic mass is 10.0. The molecule has 54 heavy (non-hydrogen) atoms. The Morgan fingerprint density at radius 3 is 1.54 bits per heavy atom. The van der Waals surface area contributed by atoms with Gasteiger partial charge < -0.3 is 18.9 Å². The van der Waals surface area contributed by atoms with Crippen LogP contribution in [0.1, 0.15) is 168 Å². The molecular weight excluding hydrogens is 701 g/mol. The van der Waals surface area contributed by atoms with Crippen molar-refractivity contribution in [2.24, 2.45) is 0 Å². The van der Waals surface area contributed by atoms with E-state index in [9.17, 15) is 19.0 Å². The summed E-state index contributed by atoms with van der Waals surface area (Å²) in [6, 6.07) is 0. The van der Waals surface area contributed by atoms with Gasteiger partial charge >= 0.3 is 19.8 Å². The number of unbranched alkanes of at least 4 members (excludes halogenated alkanes) is 16. The molecule has 0 rings (SSSR count). The molecule has 2 atom stereocenters. The number of likely N-dealkylation sites (N-methyl/N-ethyl adjacent to an activating group) is 1. The number of esters is 2. The number of nitrogens with zero attached hydrogens (tertiary/aromatic N) is 1. The molecule has 0 fully saturated rings. The van der Waals surface area contributed by atoms with Crippen LogP contribution in [-0.4, -0.2) is 74.9 Å². The minimum absolute atomic E-state index is 0.0212. The molecule has 0 saturated heterocycles. The van der Waals surface area contributed by atoms with Crippen LogP contribution < -0.4 is 0 Å². The van der Waals surface area contributed by atoms with Crippen molar-refractivity contribution in [1.82, 2.24) is 0 Å². The van der Waals surface area contributed by atoms with E-state index in [0.29, 0.717) is 23.9 Å². The molecule has 0 aromatic rings. The summed E-state index contributed by atoms with van der Waals surface area (Å²) in [4.78, 5) is 35.3. The summed E-state index contributed by atoms with van der Waals surface area (Å²) in [5.74, 6) is -0.864. The van der Waals surface area contributed by atoms with Crippen LogP contribution >= 0.6 is 7.82 Å². The molecule has 0 amide bonds. The Kier molecular flexibility index (Phi) is 35.2. The minimum Gasteiger partial charge on any atom is -0.462 e. The quantitative estimate of drug-likeness (QED) is 0.0217. The van der Waals surface area contributed by atoms with Crippen LogP contribution in [0.15, 0.2) is 48.6 Å². The maximum Gasteiger partial charge on any atom is 0.472 e. The van der Waals surface area contributed by atoms with Gasteiger partial charge in [-0.25, -0.2) is 4.57 Å². The molecule has 0 aliphatic carbocycles. The Bertz CT molecular complexity index is 1070. The van der Waals surface area contributed by atoms with E-state index in [1.54, 1.807) is 0 Å². The first kappa shape index (κ1) is 52.0. The molecule has 1 N–H and O–H groups in total. The molecule has 10 heteroatoms. The molecule has 314 valence electrons. The molecule has 0 aliphatic rings. The third-order valence-electron chi connectivity index (χ3n) is 8.86. The molecule has 1 unspecified atom stereocenters. The van der Waals surface area contributed by atoms with Gasteiger partial charge in [0.25, 0.3) is 0 Å². The fraction of sp³-hybridized carbons (Fsp3) is 0.773. The highest BCUT2D eigenvalue weighted by atomic mass is 31.2. The first-order valence-corrected chi connectivity index (χ1v) is 22.9. The molecule has 0 aromatic heterocycles. The monoisotopic (exact) mass is 783 g/mol. The predicted molar refractivity (Wildman–Crippen MR) is 224 cm³/mol. The van der Waals surface area contributed by atoms with E-state index < -0.39 is 26.5 Å². The van der Waals surface area contributed by atoms with Crippen LogP contribution in [0.2, 0.25) is 0 Å². The highest BCUT2D eigenvalue weighted by molar-refractivity contribution is 7.47. The lowest BCUT2D eigenvalue weighted by molar-refractivity contribution is -0.870. The van der Waals surface area contributed by atoms with E-state index in [1.165, 1.54) is 89.9 Å². The van der Waals surface area contributed by atoms with Gasteiger partial charge in [-0.1, -0.05) is 152 Å². The maximum absolute atomic E-state index is 12.6. The maximum atomic E-state index is 12.6. The van der Waals surface area contributed by atoms with Crippen LogP contribution in [0.3, 0.4) is 0 Å².